The van der Waals surface area contributed by atoms with E-state index in [-0.39, 0.29) is 11.9 Å². The highest BCUT2D eigenvalue weighted by Crippen LogP contribution is 2.20. The Morgan fingerprint density at radius 2 is 2.29 bits per heavy atom. The Balaban J connectivity index is 2.23. The molecule has 1 aromatic rings. The van der Waals surface area contributed by atoms with Crippen LogP contribution in [0.15, 0.2) is 9.59 Å². The first-order valence-corrected chi connectivity index (χ1v) is 5.81. The van der Waals surface area contributed by atoms with Gasteiger partial charge in [-0.05, 0) is 12.3 Å². The van der Waals surface area contributed by atoms with Crippen LogP contribution < -0.4 is 21.9 Å². The predicted molar refractivity (Wildman–Crippen MR) is 64.1 cm³/mol. The lowest BCUT2D eigenvalue weighted by atomic mass is 9.91. The van der Waals surface area contributed by atoms with Gasteiger partial charge < -0.3 is 10.6 Å². The van der Waals surface area contributed by atoms with Crippen LogP contribution in [0.1, 0.15) is 19.8 Å². The molecule has 94 valence electrons. The minimum absolute atomic E-state index is 0.179. The number of rotatable bonds is 2. The number of hydrogen-bond donors (Lipinski definition) is 3. The minimum Gasteiger partial charge on any atom is -0.350 e. The molecule has 7 heteroatoms. The maximum Gasteiger partial charge on any atom is 0.342 e. The van der Waals surface area contributed by atoms with E-state index in [1.54, 1.807) is 0 Å². The second-order valence-corrected chi connectivity index (χ2v) is 4.40. The lowest BCUT2D eigenvalue weighted by Crippen LogP contribution is -2.49. The van der Waals surface area contributed by atoms with Crippen LogP contribution in [-0.2, 0) is 0 Å². The zero-order valence-electron chi connectivity index (χ0n) is 9.77. The van der Waals surface area contributed by atoms with E-state index in [9.17, 15) is 9.59 Å². The second-order valence-electron chi connectivity index (χ2n) is 4.40. The van der Waals surface area contributed by atoms with Crippen molar-refractivity contribution in [3.05, 3.63) is 20.8 Å². The van der Waals surface area contributed by atoms with E-state index in [4.69, 9.17) is 5.73 Å². The number of anilines is 1. The van der Waals surface area contributed by atoms with Crippen LogP contribution in [0.2, 0.25) is 0 Å². The number of hydrogen-bond acceptors (Lipinski definition) is 5. The molecule has 1 saturated heterocycles. The predicted octanol–water partition coefficient (Wildman–Crippen LogP) is -0.978. The second kappa shape index (κ2) is 4.70. The Labute approximate surface area is 98.0 Å². The molecule has 1 fully saturated rings. The third-order valence-corrected chi connectivity index (χ3v) is 3.31. The van der Waals surface area contributed by atoms with Gasteiger partial charge in [0, 0.05) is 19.1 Å². The number of H-pyrrole nitrogens is 2. The van der Waals surface area contributed by atoms with Crippen molar-refractivity contribution in [3.63, 3.8) is 0 Å². The minimum atomic E-state index is -0.584. The van der Waals surface area contributed by atoms with Crippen LogP contribution in [0.4, 0.5) is 5.82 Å². The Kier molecular flexibility index (Phi) is 3.28. The molecule has 17 heavy (non-hydrogen) atoms. The molecule has 0 amide bonds. The van der Waals surface area contributed by atoms with Crippen molar-refractivity contribution in [1.29, 1.82) is 0 Å². The molecule has 2 unspecified atom stereocenters. The highest BCUT2D eigenvalue weighted by Gasteiger charge is 2.27. The Morgan fingerprint density at radius 3 is 2.94 bits per heavy atom. The monoisotopic (exact) mass is 239 g/mol. The molecule has 0 bridgehead atoms. The van der Waals surface area contributed by atoms with E-state index >= 15 is 0 Å². The average Bonchev–Trinajstić information content (AvgIpc) is 2.30. The Morgan fingerprint density at radius 1 is 1.53 bits per heavy atom. The topological polar surface area (TPSA) is 108 Å². The molecule has 2 atom stereocenters. The fourth-order valence-electron chi connectivity index (χ4n) is 2.23. The lowest BCUT2D eigenvalue weighted by molar-refractivity contribution is 0.345. The molecule has 0 saturated carbocycles. The van der Waals surface area contributed by atoms with E-state index in [0.29, 0.717) is 19.0 Å². The first kappa shape index (κ1) is 11.8. The number of nitrogens with one attached hydrogen (secondary N) is 2. The van der Waals surface area contributed by atoms with Gasteiger partial charge in [-0.1, -0.05) is 13.3 Å². The molecule has 1 aliphatic heterocycles. The van der Waals surface area contributed by atoms with Crippen molar-refractivity contribution < 1.29 is 0 Å². The van der Waals surface area contributed by atoms with Crippen molar-refractivity contribution >= 4 is 5.82 Å². The van der Waals surface area contributed by atoms with Crippen LogP contribution in [0.25, 0.3) is 0 Å². The first-order chi connectivity index (χ1) is 8.11. The number of nitrogens with zero attached hydrogens (tertiary/aromatic N) is 2. The SMILES string of the molecule is CCC1CN(c2n[nH]c(=O)[nH]c2=O)CCC1N. The summed E-state index contributed by atoms with van der Waals surface area (Å²) in [6, 6.07) is 0.179. The molecule has 2 rings (SSSR count). The third kappa shape index (κ3) is 2.38. The van der Waals surface area contributed by atoms with Gasteiger partial charge in [-0.25, -0.2) is 9.89 Å². The first-order valence-electron chi connectivity index (χ1n) is 5.81. The summed E-state index contributed by atoms with van der Waals surface area (Å²) in [6.45, 7) is 3.48. The van der Waals surface area contributed by atoms with Gasteiger partial charge in [0.2, 0.25) is 5.82 Å². The fourth-order valence-corrected chi connectivity index (χ4v) is 2.23. The number of nitrogens with two attached hydrogens (primary N) is 1. The molecule has 1 aromatic heterocycles. The van der Waals surface area contributed by atoms with Gasteiger partial charge in [0.1, 0.15) is 0 Å². The molecule has 1 aliphatic rings. The van der Waals surface area contributed by atoms with Crippen molar-refractivity contribution in [2.24, 2.45) is 11.7 Å². The summed E-state index contributed by atoms with van der Waals surface area (Å²) < 4.78 is 0. The molecule has 2 heterocycles. The van der Waals surface area contributed by atoms with E-state index < -0.39 is 11.2 Å². The lowest BCUT2D eigenvalue weighted by Gasteiger charge is -2.36. The molecule has 0 aromatic carbocycles. The van der Waals surface area contributed by atoms with Crippen LogP contribution in [-0.4, -0.2) is 34.3 Å². The van der Waals surface area contributed by atoms with Crippen LogP contribution in [0, 0.1) is 5.92 Å². The fraction of sp³-hybridized carbons (Fsp3) is 0.700. The highest BCUT2D eigenvalue weighted by atomic mass is 16.2. The van der Waals surface area contributed by atoms with Gasteiger partial charge in [0.25, 0.3) is 5.56 Å². The quantitative estimate of drug-likeness (QED) is 0.615. The van der Waals surface area contributed by atoms with E-state index in [2.05, 4.69) is 22.1 Å². The third-order valence-electron chi connectivity index (χ3n) is 3.31. The van der Waals surface area contributed by atoms with Crippen molar-refractivity contribution in [2.75, 3.05) is 18.0 Å². The molecule has 0 aliphatic carbocycles. The van der Waals surface area contributed by atoms with Crippen molar-refractivity contribution in [1.82, 2.24) is 15.2 Å². The Hall–Kier alpha value is -1.63. The zero-order chi connectivity index (χ0) is 12.4. The van der Waals surface area contributed by atoms with Crippen LogP contribution in [0.3, 0.4) is 0 Å². The van der Waals surface area contributed by atoms with E-state index in [0.717, 1.165) is 12.8 Å². The average molecular weight is 239 g/mol. The molecule has 7 nitrogen and oxygen atoms in total. The number of aromatic amines is 2. The van der Waals surface area contributed by atoms with Gasteiger partial charge in [0.15, 0.2) is 0 Å². The molecular weight excluding hydrogens is 222 g/mol. The van der Waals surface area contributed by atoms with E-state index in [1.165, 1.54) is 0 Å². The maximum atomic E-state index is 11.6. The van der Waals surface area contributed by atoms with Crippen LogP contribution in [0.5, 0.6) is 0 Å². The van der Waals surface area contributed by atoms with Crippen molar-refractivity contribution in [3.8, 4) is 0 Å². The summed E-state index contributed by atoms with van der Waals surface area (Å²) in [5.41, 5.74) is 4.97. The normalized spacial score (nSPS) is 24.9. The largest absolute Gasteiger partial charge is 0.350 e. The smallest absolute Gasteiger partial charge is 0.342 e. The van der Waals surface area contributed by atoms with Crippen LogP contribution >= 0.6 is 0 Å². The van der Waals surface area contributed by atoms with Gasteiger partial charge in [-0.3, -0.25) is 9.78 Å². The van der Waals surface area contributed by atoms with Crippen molar-refractivity contribution in [2.45, 2.75) is 25.8 Å². The van der Waals surface area contributed by atoms with Gasteiger partial charge >= 0.3 is 5.69 Å². The molecule has 0 radical (unpaired) electrons. The summed E-state index contributed by atoms with van der Waals surface area (Å²) in [4.78, 5) is 26.5. The summed E-state index contributed by atoms with van der Waals surface area (Å²) in [6.07, 6.45) is 1.80. The van der Waals surface area contributed by atoms with Gasteiger partial charge in [-0.15, -0.1) is 5.10 Å². The molecular formula is C10H17N5O2. The summed E-state index contributed by atoms with van der Waals surface area (Å²) in [5, 5.41) is 6.05. The molecule has 4 N–H and O–H groups in total. The number of aromatic nitrogens is 3. The van der Waals surface area contributed by atoms with Gasteiger partial charge in [0.05, 0.1) is 0 Å². The Bertz CT molecular complexity index is 494. The molecule has 0 spiro atoms. The standard InChI is InChI=1S/C10H17N5O2/c1-2-6-5-15(4-3-7(6)11)8-9(16)12-10(17)14-13-8/h6-7H,2-5,11H2,1H3,(H2,12,14,16,17). The summed E-state index contributed by atoms with van der Waals surface area (Å²) >= 11 is 0. The van der Waals surface area contributed by atoms with E-state index in [1.807, 2.05) is 4.90 Å². The highest BCUT2D eigenvalue weighted by molar-refractivity contribution is 5.35. The summed E-state index contributed by atoms with van der Waals surface area (Å²) in [5.74, 6) is 0.631. The number of piperidine rings is 1. The van der Waals surface area contributed by atoms with Gasteiger partial charge in [-0.2, -0.15) is 0 Å². The zero-order valence-corrected chi connectivity index (χ0v) is 9.77. The maximum absolute atomic E-state index is 11.6. The summed E-state index contributed by atoms with van der Waals surface area (Å²) in [7, 11) is 0.